The van der Waals surface area contributed by atoms with Crippen LogP contribution in [0, 0.1) is 5.92 Å². The fraction of sp³-hybridized carbons (Fsp3) is 1.00. The van der Waals surface area contributed by atoms with Crippen molar-refractivity contribution in [3.8, 4) is 0 Å². The van der Waals surface area contributed by atoms with Gasteiger partial charge in [-0.1, -0.05) is 0 Å². The van der Waals surface area contributed by atoms with Gasteiger partial charge in [-0.05, 0) is 71.6 Å². The maximum absolute atomic E-state index is 6.44. The molecule has 6 aliphatic rings. The molecular weight excluding hydrogens is 272 g/mol. The fourth-order valence-corrected chi connectivity index (χ4v) is 5.76. The van der Waals surface area contributed by atoms with Crippen LogP contribution in [0.1, 0.15) is 65.7 Å². The Bertz CT molecular complexity index is 391. The Balaban J connectivity index is 1.40. The molecule has 5 heterocycles. The van der Waals surface area contributed by atoms with Crippen LogP contribution < -0.4 is 0 Å². The molecule has 6 rings (SSSR count). The molecule has 4 bridgehead atoms. The van der Waals surface area contributed by atoms with E-state index in [0.717, 1.165) is 12.0 Å². The van der Waals surface area contributed by atoms with Crippen LogP contribution in [0.15, 0.2) is 0 Å². The summed E-state index contributed by atoms with van der Waals surface area (Å²) in [5, 5.41) is 0. The van der Waals surface area contributed by atoms with Crippen molar-refractivity contribution in [2.24, 2.45) is 5.92 Å². The second-order valence-corrected chi connectivity index (χ2v) is 8.69. The molecule has 0 aromatic rings. The van der Waals surface area contributed by atoms with E-state index in [1.807, 2.05) is 0 Å². The van der Waals surface area contributed by atoms with E-state index in [9.17, 15) is 0 Å². The highest BCUT2D eigenvalue weighted by atomic mass is 16.5. The highest BCUT2D eigenvalue weighted by molar-refractivity contribution is 4.97. The Morgan fingerprint density at radius 3 is 2.27 bits per heavy atom. The van der Waals surface area contributed by atoms with Gasteiger partial charge >= 0.3 is 0 Å². The SMILES string of the molecule is CC(C)N1CC2CCC1C(CC(C)N1CC3CCC1CC3)O2. The zero-order chi connectivity index (χ0) is 15.3. The fourth-order valence-electron chi connectivity index (χ4n) is 5.76. The molecular formula is C19H34N2O. The van der Waals surface area contributed by atoms with Gasteiger partial charge in [0.15, 0.2) is 0 Å². The normalized spacial score (nSPS) is 43.9. The third kappa shape index (κ3) is 2.74. The van der Waals surface area contributed by atoms with Crippen LogP contribution in [0.5, 0.6) is 0 Å². The molecule has 0 spiro atoms. The third-order valence-corrected chi connectivity index (χ3v) is 6.98. The monoisotopic (exact) mass is 306 g/mol. The zero-order valence-corrected chi connectivity index (χ0v) is 14.7. The second-order valence-electron chi connectivity index (χ2n) is 8.69. The van der Waals surface area contributed by atoms with Crippen LogP contribution in [0.2, 0.25) is 0 Å². The highest BCUT2D eigenvalue weighted by Crippen LogP contribution is 2.39. The molecule has 1 saturated carbocycles. The minimum absolute atomic E-state index is 0.477. The van der Waals surface area contributed by atoms with Gasteiger partial charge < -0.3 is 4.74 Å². The van der Waals surface area contributed by atoms with E-state index in [-0.39, 0.29) is 0 Å². The number of hydrogen-bond donors (Lipinski definition) is 0. The number of ether oxygens (including phenoxy) is 1. The van der Waals surface area contributed by atoms with E-state index in [2.05, 4.69) is 30.6 Å². The van der Waals surface area contributed by atoms with Gasteiger partial charge in [0.25, 0.3) is 0 Å². The van der Waals surface area contributed by atoms with Crippen LogP contribution in [0.25, 0.3) is 0 Å². The second kappa shape index (κ2) is 6.07. The van der Waals surface area contributed by atoms with Crippen molar-refractivity contribution in [2.75, 3.05) is 13.1 Å². The van der Waals surface area contributed by atoms with Gasteiger partial charge in [-0.3, -0.25) is 9.80 Å². The van der Waals surface area contributed by atoms with Crippen molar-refractivity contribution < 1.29 is 4.74 Å². The summed E-state index contributed by atoms with van der Waals surface area (Å²) in [6.45, 7) is 9.70. The predicted octanol–water partition coefficient (Wildman–Crippen LogP) is 3.28. The number of rotatable bonds is 4. The van der Waals surface area contributed by atoms with E-state index in [4.69, 9.17) is 4.74 Å². The lowest BCUT2D eigenvalue weighted by atomic mass is 9.78. The molecule has 6 fully saturated rings. The van der Waals surface area contributed by atoms with Crippen LogP contribution in [-0.2, 0) is 4.74 Å². The van der Waals surface area contributed by atoms with Crippen molar-refractivity contribution in [3.63, 3.8) is 0 Å². The Kier molecular flexibility index (Phi) is 4.25. The molecule has 0 amide bonds. The Morgan fingerprint density at radius 2 is 1.68 bits per heavy atom. The number of morpholine rings is 1. The molecule has 0 aromatic carbocycles. The molecule has 1 aliphatic carbocycles. The van der Waals surface area contributed by atoms with Crippen molar-refractivity contribution in [1.82, 2.24) is 9.80 Å². The molecule has 0 N–H and O–H groups in total. The van der Waals surface area contributed by atoms with E-state index < -0.39 is 0 Å². The maximum atomic E-state index is 6.44. The predicted molar refractivity (Wildman–Crippen MR) is 90.1 cm³/mol. The first-order valence-electron chi connectivity index (χ1n) is 9.78. The minimum atomic E-state index is 0.477. The van der Waals surface area contributed by atoms with Gasteiger partial charge in [0, 0.05) is 37.3 Å². The summed E-state index contributed by atoms with van der Waals surface area (Å²) in [5.74, 6) is 0.989. The Morgan fingerprint density at radius 1 is 0.909 bits per heavy atom. The van der Waals surface area contributed by atoms with Crippen LogP contribution in [0.4, 0.5) is 0 Å². The molecule has 4 unspecified atom stereocenters. The number of piperidine rings is 3. The van der Waals surface area contributed by atoms with E-state index in [1.54, 1.807) is 0 Å². The van der Waals surface area contributed by atoms with Gasteiger partial charge in [0.05, 0.1) is 12.2 Å². The smallest absolute Gasteiger partial charge is 0.0749 e. The van der Waals surface area contributed by atoms with Gasteiger partial charge in [0.2, 0.25) is 0 Å². The van der Waals surface area contributed by atoms with Crippen molar-refractivity contribution >= 4 is 0 Å². The Labute approximate surface area is 136 Å². The van der Waals surface area contributed by atoms with Gasteiger partial charge in [-0.15, -0.1) is 0 Å². The van der Waals surface area contributed by atoms with E-state index in [0.29, 0.717) is 30.3 Å². The molecule has 5 saturated heterocycles. The average Bonchev–Trinajstić information content (AvgIpc) is 2.56. The molecule has 22 heavy (non-hydrogen) atoms. The van der Waals surface area contributed by atoms with Gasteiger partial charge in [-0.2, -0.15) is 0 Å². The maximum Gasteiger partial charge on any atom is 0.0749 e. The summed E-state index contributed by atoms with van der Waals surface area (Å²) < 4.78 is 6.44. The molecule has 3 nitrogen and oxygen atoms in total. The average molecular weight is 306 g/mol. The molecule has 4 atom stereocenters. The summed E-state index contributed by atoms with van der Waals surface area (Å²) in [6.07, 6.45) is 10.7. The summed E-state index contributed by atoms with van der Waals surface area (Å²) in [4.78, 5) is 5.56. The number of fused-ring (bicyclic) bond motifs is 6. The summed E-state index contributed by atoms with van der Waals surface area (Å²) in [6, 6.07) is 2.92. The lowest BCUT2D eigenvalue weighted by Gasteiger charge is -2.54. The largest absolute Gasteiger partial charge is 0.372 e. The van der Waals surface area contributed by atoms with E-state index in [1.165, 1.54) is 58.0 Å². The number of nitrogens with zero attached hydrogens (tertiary/aromatic N) is 2. The zero-order valence-electron chi connectivity index (χ0n) is 14.7. The molecule has 126 valence electrons. The van der Waals surface area contributed by atoms with Gasteiger partial charge in [0.1, 0.15) is 0 Å². The number of hydrogen-bond acceptors (Lipinski definition) is 3. The first kappa shape index (κ1) is 15.4. The van der Waals surface area contributed by atoms with Crippen molar-refractivity contribution in [2.45, 2.75) is 102 Å². The van der Waals surface area contributed by atoms with Crippen molar-refractivity contribution in [1.29, 1.82) is 0 Å². The molecule has 0 aromatic heterocycles. The first-order chi connectivity index (χ1) is 10.6. The summed E-state index contributed by atoms with van der Waals surface area (Å²) >= 11 is 0. The first-order valence-corrected chi connectivity index (χ1v) is 9.78. The van der Waals surface area contributed by atoms with Crippen LogP contribution in [0.3, 0.4) is 0 Å². The highest BCUT2D eigenvalue weighted by Gasteiger charge is 2.44. The van der Waals surface area contributed by atoms with Gasteiger partial charge in [-0.25, -0.2) is 0 Å². The van der Waals surface area contributed by atoms with E-state index >= 15 is 0 Å². The topological polar surface area (TPSA) is 15.7 Å². The third-order valence-electron chi connectivity index (χ3n) is 6.98. The molecule has 0 radical (unpaired) electrons. The lowest BCUT2D eigenvalue weighted by Crippen LogP contribution is -2.62. The lowest BCUT2D eigenvalue weighted by molar-refractivity contribution is -0.174. The summed E-state index contributed by atoms with van der Waals surface area (Å²) in [5.41, 5.74) is 0. The molecule has 3 heteroatoms. The van der Waals surface area contributed by atoms with Crippen LogP contribution >= 0.6 is 0 Å². The standard InChI is InChI=1S/C19H34N2O/c1-13(2)20-12-17-8-9-18(20)19(22-17)10-14(3)21-11-15-4-6-16(21)7-5-15/h13-19H,4-12H2,1-3H3. The quantitative estimate of drug-likeness (QED) is 0.793. The minimum Gasteiger partial charge on any atom is -0.372 e. The summed E-state index contributed by atoms with van der Waals surface area (Å²) in [7, 11) is 0. The van der Waals surface area contributed by atoms with Crippen LogP contribution in [-0.4, -0.2) is 59.3 Å². The molecule has 5 aliphatic heterocycles. The van der Waals surface area contributed by atoms with Crippen molar-refractivity contribution in [3.05, 3.63) is 0 Å². The Hall–Kier alpha value is -0.120.